The number of nitrogens with zero attached hydrogens (tertiary/aromatic N) is 1. The molecule has 1 unspecified atom stereocenters. The fraction of sp³-hybridized carbons (Fsp3) is 0.500. The second-order valence-electron chi connectivity index (χ2n) is 4.80. The molecule has 1 atom stereocenters. The van der Waals surface area contributed by atoms with Crippen LogP contribution in [0.5, 0.6) is 5.75 Å². The van der Waals surface area contributed by atoms with Crippen molar-refractivity contribution in [2.75, 3.05) is 25.6 Å². The van der Waals surface area contributed by atoms with E-state index in [1.165, 1.54) is 0 Å². The van der Waals surface area contributed by atoms with E-state index in [4.69, 9.17) is 10.5 Å². The molecule has 0 aromatic heterocycles. The van der Waals surface area contributed by atoms with Gasteiger partial charge in [0.2, 0.25) is 5.91 Å². The van der Waals surface area contributed by atoms with Crippen molar-refractivity contribution in [2.24, 2.45) is 17.6 Å². The third-order valence-electron chi connectivity index (χ3n) is 3.23. The van der Waals surface area contributed by atoms with E-state index in [-0.39, 0.29) is 17.7 Å². The minimum atomic E-state index is -0.161. The predicted molar refractivity (Wildman–Crippen MR) is 81.5 cm³/mol. The Balaban J connectivity index is 2.96. The van der Waals surface area contributed by atoms with Gasteiger partial charge in [0.1, 0.15) is 5.75 Å². The maximum absolute atomic E-state index is 12.4. The van der Waals surface area contributed by atoms with E-state index in [0.29, 0.717) is 6.54 Å². The Bertz CT molecular complexity index is 449. The van der Waals surface area contributed by atoms with Crippen molar-refractivity contribution < 1.29 is 9.53 Å². The molecule has 0 fully saturated rings. The molecule has 0 spiro atoms. The topological polar surface area (TPSA) is 55.6 Å². The van der Waals surface area contributed by atoms with Crippen molar-refractivity contribution in [1.29, 1.82) is 0 Å². The number of hydrogen-bond donors (Lipinski definition) is 1. The van der Waals surface area contributed by atoms with E-state index in [1.54, 1.807) is 19.1 Å². The van der Waals surface area contributed by atoms with E-state index < -0.39 is 0 Å². The predicted octanol–water partition coefficient (Wildman–Crippen LogP) is 2.65. The maximum atomic E-state index is 12.4. The van der Waals surface area contributed by atoms with E-state index in [9.17, 15) is 4.79 Å². The molecular weight excluding hydrogens is 308 g/mol. The molecule has 1 rings (SSSR count). The number of carbonyl (C=O) groups excluding carboxylic acids is 1. The highest BCUT2D eigenvalue weighted by Crippen LogP contribution is 2.30. The summed E-state index contributed by atoms with van der Waals surface area (Å²) in [6.07, 6.45) is 0. The monoisotopic (exact) mass is 328 g/mol. The molecule has 2 N–H and O–H groups in total. The molecule has 106 valence electrons. The summed E-state index contributed by atoms with van der Waals surface area (Å²) in [6.45, 7) is 4.37. The number of rotatable bonds is 5. The highest BCUT2D eigenvalue weighted by molar-refractivity contribution is 9.10. The quantitative estimate of drug-likeness (QED) is 0.904. The lowest BCUT2D eigenvalue weighted by Crippen LogP contribution is -2.39. The number of carbonyl (C=O) groups is 1. The molecule has 5 heteroatoms. The van der Waals surface area contributed by atoms with Crippen LogP contribution in [0.1, 0.15) is 13.8 Å². The molecule has 0 heterocycles. The summed E-state index contributed by atoms with van der Waals surface area (Å²) in [5.74, 6) is 0.839. The molecule has 1 amide bonds. The minimum absolute atomic E-state index is 0.0366. The smallest absolute Gasteiger partial charge is 0.231 e. The van der Waals surface area contributed by atoms with Crippen LogP contribution in [0.4, 0.5) is 5.69 Å². The number of halogens is 1. The Morgan fingerprint density at radius 1 is 1.47 bits per heavy atom. The lowest BCUT2D eigenvalue weighted by Gasteiger charge is -2.25. The average molecular weight is 329 g/mol. The van der Waals surface area contributed by atoms with Gasteiger partial charge >= 0.3 is 0 Å². The lowest BCUT2D eigenvalue weighted by molar-refractivity contribution is -0.123. The van der Waals surface area contributed by atoms with Crippen LogP contribution in [0.2, 0.25) is 0 Å². The number of hydrogen-bond acceptors (Lipinski definition) is 3. The Morgan fingerprint density at radius 3 is 2.53 bits per heavy atom. The third kappa shape index (κ3) is 3.70. The number of anilines is 1. The molecular formula is C14H21BrN2O2. The van der Waals surface area contributed by atoms with Gasteiger partial charge in [0, 0.05) is 19.3 Å². The van der Waals surface area contributed by atoms with Crippen molar-refractivity contribution in [1.82, 2.24) is 0 Å². The lowest BCUT2D eigenvalue weighted by atomic mass is 9.94. The van der Waals surface area contributed by atoms with Crippen molar-refractivity contribution in [3.63, 3.8) is 0 Å². The zero-order valence-electron chi connectivity index (χ0n) is 11.8. The summed E-state index contributed by atoms with van der Waals surface area (Å²) in [5, 5.41) is 0. The van der Waals surface area contributed by atoms with E-state index in [1.807, 2.05) is 32.0 Å². The molecule has 1 aromatic carbocycles. The van der Waals surface area contributed by atoms with Gasteiger partial charge in [0.05, 0.1) is 17.5 Å². The average Bonchev–Trinajstić information content (AvgIpc) is 2.37. The van der Waals surface area contributed by atoms with Crippen LogP contribution in [-0.2, 0) is 4.79 Å². The Labute approximate surface area is 123 Å². The van der Waals surface area contributed by atoms with Gasteiger partial charge in [-0.3, -0.25) is 4.79 Å². The van der Waals surface area contributed by atoms with Crippen molar-refractivity contribution in [2.45, 2.75) is 13.8 Å². The first-order valence-corrected chi connectivity index (χ1v) is 7.02. The number of nitrogens with two attached hydrogens (primary N) is 1. The van der Waals surface area contributed by atoms with E-state index >= 15 is 0 Å². The van der Waals surface area contributed by atoms with Crippen molar-refractivity contribution >= 4 is 27.5 Å². The summed E-state index contributed by atoms with van der Waals surface area (Å²) >= 11 is 3.42. The van der Waals surface area contributed by atoms with Gasteiger partial charge in [-0.1, -0.05) is 13.8 Å². The normalized spacial score (nSPS) is 12.4. The molecule has 0 aliphatic heterocycles. The van der Waals surface area contributed by atoms with Gasteiger partial charge in [-0.25, -0.2) is 0 Å². The van der Waals surface area contributed by atoms with Crippen LogP contribution >= 0.6 is 15.9 Å². The molecule has 0 radical (unpaired) electrons. The molecule has 0 aliphatic rings. The van der Waals surface area contributed by atoms with Gasteiger partial charge < -0.3 is 15.4 Å². The second-order valence-corrected chi connectivity index (χ2v) is 5.66. The minimum Gasteiger partial charge on any atom is -0.496 e. The van der Waals surface area contributed by atoms with E-state index in [0.717, 1.165) is 15.9 Å². The molecule has 0 saturated carbocycles. The zero-order chi connectivity index (χ0) is 14.6. The summed E-state index contributed by atoms with van der Waals surface area (Å²) in [5.41, 5.74) is 6.51. The fourth-order valence-corrected chi connectivity index (χ4v) is 2.43. The first-order chi connectivity index (χ1) is 8.92. The molecule has 0 aliphatic carbocycles. The summed E-state index contributed by atoms with van der Waals surface area (Å²) in [6, 6.07) is 5.55. The number of benzene rings is 1. The molecule has 19 heavy (non-hydrogen) atoms. The Morgan fingerprint density at radius 2 is 2.11 bits per heavy atom. The summed E-state index contributed by atoms with van der Waals surface area (Å²) < 4.78 is 6.00. The molecule has 0 saturated heterocycles. The van der Waals surface area contributed by atoms with Gasteiger partial charge in [-0.15, -0.1) is 0 Å². The number of ether oxygens (including phenoxy) is 1. The van der Waals surface area contributed by atoms with Crippen LogP contribution in [0.15, 0.2) is 22.7 Å². The maximum Gasteiger partial charge on any atom is 0.231 e. The molecule has 1 aromatic rings. The first-order valence-electron chi connectivity index (χ1n) is 6.23. The molecule has 4 nitrogen and oxygen atoms in total. The van der Waals surface area contributed by atoms with Gasteiger partial charge in [0.15, 0.2) is 0 Å². The van der Waals surface area contributed by atoms with Crippen LogP contribution in [0.3, 0.4) is 0 Å². The summed E-state index contributed by atoms with van der Waals surface area (Å²) in [4.78, 5) is 14.0. The van der Waals surface area contributed by atoms with Crippen LogP contribution in [0, 0.1) is 11.8 Å². The van der Waals surface area contributed by atoms with Crippen LogP contribution in [-0.4, -0.2) is 26.6 Å². The van der Waals surface area contributed by atoms with Gasteiger partial charge in [-0.2, -0.15) is 0 Å². The fourth-order valence-electron chi connectivity index (χ4n) is 1.90. The Hall–Kier alpha value is -1.07. The first kappa shape index (κ1) is 16.0. The molecule has 0 bridgehead atoms. The standard InChI is InChI=1S/C14H21BrN2O2/c1-9(2)11(8-16)14(18)17(3)10-5-6-13(19-4)12(15)7-10/h5-7,9,11H,8,16H2,1-4H3. The van der Waals surface area contributed by atoms with Crippen LogP contribution < -0.4 is 15.4 Å². The number of methoxy groups -OCH3 is 1. The highest BCUT2D eigenvalue weighted by Gasteiger charge is 2.24. The highest BCUT2D eigenvalue weighted by atomic mass is 79.9. The van der Waals surface area contributed by atoms with Gasteiger partial charge in [0.25, 0.3) is 0 Å². The van der Waals surface area contributed by atoms with E-state index in [2.05, 4.69) is 15.9 Å². The number of amides is 1. The van der Waals surface area contributed by atoms with Crippen molar-refractivity contribution in [3.05, 3.63) is 22.7 Å². The summed E-state index contributed by atoms with van der Waals surface area (Å²) in [7, 11) is 3.37. The SMILES string of the molecule is COc1ccc(N(C)C(=O)C(CN)C(C)C)cc1Br. The second kappa shape index (κ2) is 6.91. The zero-order valence-corrected chi connectivity index (χ0v) is 13.4. The third-order valence-corrected chi connectivity index (χ3v) is 3.85. The largest absolute Gasteiger partial charge is 0.496 e. The Kier molecular flexibility index (Phi) is 5.82. The van der Waals surface area contributed by atoms with Crippen LogP contribution in [0.25, 0.3) is 0 Å². The van der Waals surface area contributed by atoms with Gasteiger partial charge in [-0.05, 0) is 40.0 Å². The van der Waals surface area contributed by atoms with Crippen molar-refractivity contribution in [3.8, 4) is 5.75 Å².